The fourth-order valence-electron chi connectivity index (χ4n) is 2.96. The highest BCUT2D eigenvalue weighted by atomic mass is 16.5. The van der Waals surface area contributed by atoms with Gasteiger partial charge in [-0.2, -0.15) is 0 Å². The Balaban J connectivity index is 1.68. The molecule has 1 heterocycles. The van der Waals surface area contributed by atoms with Crippen molar-refractivity contribution in [1.82, 2.24) is 9.80 Å². The second-order valence-corrected chi connectivity index (χ2v) is 6.36. The van der Waals surface area contributed by atoms with E-state index in [1.165, 1.54) is 12.8 Å². The summed E-state index contributed by atoms with van der Waals surface area (Å²) >= 11 is 0. The van der Waals surface area contributed by atoms with Gasteiger partial charge in [-0.1, -0.05) is 0 Å². The lowest BCUT2D eigenvalue weighted by Gasteiger charge is -2.35. The number of likely N-dealkylation sites (tertiary alicyclic amines) is 1. The van der Waals surface area contributed by atoms with Crippen LogP contribution in [-0.4, -0.2) is 74.0 Å². The molecule has 1 aliphatic rings. The average Bonchev–Trinajstić information content (AvgIpc) is 2.55. The Bertz CT molecular complexity index is 442. The summed E-state index contributed by atoms with van der Waals surface area (Å²) in [5.41, 5.74) is 0. The van der Waals surface area contributed by atoms with Gasteiger partial charge in [0.15, 0.2) is 0 Å². The number of ether oxygens (including phenoxy) is 2. The maximum Gasteiger partial charge on any atom is 0.119 e. The van der Waals surface area contributed by atoms with E-state index in [0.29, 0.717) is 25.8 Å². The Labute approximate surface area is 139 Å². The van der Waals surface area contributed by atoms with Crippen LogP contribution in [-0.2, 0) is 0 Å². The highest BCUT2D eigenvalue weighted by molar-refractivity contribution is 5.31. The molecule has 130 valence electrons. The molecule has 1 aromatic carbocycles. The summed E-state index contributed by atoms with van der Waals surface area (Å²) in [4.78, 5) is 4.62. The normalized spacial score (nSPS) is 18.1. The van der Waals surface area contributed by atoms with Crippen LogP contribution >= 0.6 is 0 Å². The molecule has 1 aromatic rings. The molecule has 2 rings (SSSR count). The first kappa shape index (κ1) is 18.0. The van der Waals surface area contributed by atoms with E-state index in [0.717, 1.165) is 24.6 Å². The lowest BCUT2D eigenvalue weighted by molar-refractivity contribution is 0.0506. The number of β-amino-alcohol motifs (C(OH)–C–C–N with tert-alkyl or cyclic N) is 1. The van der Waals surface area contributed by atoms with E-state index in [-0.39, 0.29) is 0 Å². The highest BCUT2D eigenvalue weighted by Gasteiger charge is 2.22. The number of hydrogen-bond acceptors (Lipinski definition) is 5. The molecule has 5 nitrogen and oxygen atoms in total. The summed E-state index contributed by atoms with van der Waals surface area (Å²) in [6.07, 6.45) is 1.87. The van der Waals surface area contributed by atoms with Gasteiger partial charge >= 0.3 is 0 Å². The van der Waals surface area contributed by atoms with Crippen LogP contribution in [0.1, 0.15) is 19.8 Å². The number of piperidine rings is 1. The molecule has 0 bridgehead atoms. The average molecular weight is 322 g/mol. The summed E-state index contributed by atoms with van der Waals surface area (Å²) in [5, 5.41) is 10.2. The van der Waals surface area contributed by atoms with Crippen molar-refractivity contribution >= 4 is 0 Å². The fourth-order valence-corrected chi connectivity index (χ4v) is 2.96. The van der Waals surface area contributed by atoms with E-state index in [1.54, 1.807) is 0 Å². The van der Waals surface area contributed by atoms with Gasteiger partial charge in [0.2, 0.25) is 0 Å². The molecule has 23 heavy (non-hydrogen) atoms. The fraction of sp³-hybridized carbons (Fsp3) is 0.667. The van der Waals surface area contributed by atoms with E-state index in [1.807, 2.05) is 31.2 Å². The van der Waals surface area contributed by atoms with Gasteiger partial charge in [0.25, 0.3) is 0 Å². The highest BCUT2D eigenvalue weighted by Crippen LogP contribution is 2.18. The Morgan fingerprint density at radius 1 is 1.13 bits per heavy atom. The Hall–Kier alpha value is -1.30. The molecule has 0 amide bonds. The standard InChI is InChI=1S/C18H30N2O3/c1-4-22-17-5-7-18(8-6-17)23-14-16(21)13-20-11-9-15(10-12-20)19(2)3/h5-8,15-16,21H,4,9-14H2,1-3H3. The molecule has 1 N–H and O–H groups in total. The summed E-state index contributed by atoms with van der Waals surface area (Å²) < 4.78 is 11.1. The van der Waals surface area contributed by atoms with Gasteiger partial charge in [0.05, 0.1) is 6.61 Å². The van der Waals surface area contributed by atoms with Crippen molar-refractivity contribution in [2.45, 2.75) is 31.9 Å². The zero-order valence-corrected chi connectivity index (χ0v) is 14.6. The molecule has 1 unspecified atom stereocenters. The third kappa shape index (κ3) is 6.01. The number of hydrogen-bond donors (Lipinski definition) is 1. The molecule has 1 saturated heterocycles. The minimum Gasteiger partial charge on any atom is -0.494 e. The van der Waals surface area contributed by atoms with Crippen molar-refractivity contribution in [3.05, 3.63) is 24.3 Å². The van der Waals surface area contributed by atoms with E-state index in [2.05, 4.69) is 23.9 Å². The molecule has 0 spiro atoms. The summed E-state index contributed by atoms with van der Waals surface area (Å²) in [6, 6.07) is 8.19. The number of benzene rings is 1. The third-order valence-electron chi connectivity index (χ3n) is 4.33. The lowest BCUT2D eigenvalue weighted by Crippen LogP contribution is -2.45. The quantitative estimate of drug-likeness (QED) is 0.791. The Morgan fingerprint density at radius 3 is 2.22 bits per heavy atom. The van der Waals surface area contributed by atoms with Crippen LogP contribution < -0.4 is 9.47 Å². The number of nitrogens with zero attached hydrogens (tertiary/aromatic N) is 2. The number of aliphatic hydroxyl groups excluding tert-OH is 1. The largest absolute Gasteiger partial charge is 0.494 e. The van der Waals surface area contributed by atoms with Gasteiger partial charge in [0, 0.05) is 12.6 Å². The van der Waals surface area contributed by atoms with Gasteiger partial charge in [-0.25, -0.2) is 0 Å². The maximum absolute atomic E-state index is 10.2. The smallest absolute Gasteiger partial charge is 0.119 e. The van der Waals surface area contributed by atoms with Crippen molar-refractivity contribution in [1.29, 1.82) is 0 Å². The van der Waals surface area contributed by atoms with E-state index >= 15 is 0 Å². The monoisotopic (exact) mass is 322 g/mol. The van der Waals surface area contributed by atoms with Gasteiger partial charge in [-0.05, 0) is 71.2 Å². The van der Waals surface area contributed by atoms with Crippen molar-refractivity contribution < 1.29 is 14.6 Å². The molecular formula is C18H30N2O3. The van der Waals surface area contributed by atoms with Gasteiger partial charge in [0.1, 0.15) is 24.2 Å². The summed E-state index contributed by atoms with van der Waals surface area (Å²) in [6.45, 7) is 5.70. The van der Waals surface area contributed by atoms with E-state index in [4.69, 9.17) is 9.47 Å². The predicted octanol–water partition coefficient (Wildman–Crippen LogP) is 1.85. The second-order valence-electron chi connectivity index (χ2n) is 6.36. The van der Waals surface area contributed by atoms with E-state index < -0.39 is 6.10 Å². The SMILES string of the molecule is CCOc1ccc(OCC(O)CN2CCC(N(C)C)CC2)cc1. The molecule has 0 aromatic heterocycles. The molecule has 0 saturated carbocycles. The zero-order valence-electron chi connectivity index (χ0n) is 14.6. The Morgan fingerprint density at radius 2 is 1.70 bits per heavy atom. The molecule has 5 heteroatoms. The van der Waals surface area contributed by atoms with E-state index in [9.17, 15) is 5.11 Å². The molecular weight excluding hydrogens is 292 g/mol. The van der Waals surface area contributed by atoms with Crippen LogP contribution in [0.5, 0.6) is 11.5 Å². The first-order valence-electron chi connectivity index (χ1n) is 8.51. The van der Waals surface area contributed by atoms with Crippen molar-refractivity contribution in [2.24, 2.45) is 0 Å². The molecule has 0 aliphatic carbocycles. The van der Waals surface area contributed by atoms with Crippen molar-refractivity contribution in [3.8, 4) is 11.5 Å². The van der Waals surface area contributed by atoms with Gasteiger partial charge < -0.3 is 24.4 Å². The van der Waals surface area contributed by atoms with Gasteiger partial charge in [-0.15, -0.1) is 0 Å². The van der Waals surface area contributed by atoms with Crippen LogP contribution in [0.4, 0.5) is 0 Å². The molecule has 1 aliphatic heterocycles. The van der Waals surface area contributed by atoms with Crippen LogP contribution in [0.2, 0.25) is 0 Å². The second kappa shape index (κ2) is 9.11. The minimum absolute atomic E-state index is 0.321. The minimum atomic E-state index is -0.461. The first-order valence-corrected chi connectivity index (χ1v) is 8.51. The third-order valence-corrected chi connectivity index (χ3v) is 4.33. The molecule has 1 fully saturated rings. The number of aliphatic hydroxyl groups is 1. The zero-order chi connectivity index (χ0) is 16.7. The maximum atomic E-state index is 10.2. The van der Waals surface area contributed by atoms with Gasteiger partial charge in [-0.3, -0.25) is 0 Å². The number of rotatable bonds is 8. The van der Waals surface area contributed by atoms with Crippen molar-refractivity contribution in [3.63, 3.8) is 0 Å². The van der Waals surface area contributed by atoms with Crippen molar-refractivity contribution in [2.75, 3.05) is 46.9 Å². The first-order chi connectivity index (χ1) is 11.1. The molecule has 0 radical (unpaired) electrons. The van der Waals surface area contributed by atoms with Crippen LogP contribution in [0, 0.1) is 0 Å². The Kier molecular flexibility index (Phi) is 7.15. The van der Waals surface area contributed by atoms with Crippen LogP contribution in [0.25, 0.3) is 0 Å². The lowest BCUT2D eigenvalue weighted by atomic mass is 10.0. The summed E-state index contributed by atoms with van der Waals surface area (Å²) in [5.74, 6) is 1.60. The topological polar surface area (TPSA) is 45.2 Å². The predicted molar refractivity (Wildman–Crippen MR) is 92.3 cm³/mol. The van der Waals surface area contributed by atoms with Crippen LogP contribution in [0.15, 0.2) is 24.3 Å². The summed E-state index contributed by atoms with van der Waals surface area (Å²) in [7, 11) is 4.28. The molecule has 1 atom stereocenters. The van der Waals surface area contributed by atoms with Crippen LogP contribution in [0.3, 0.4) is 0 Å².